The van der Waals surface area contributed by atoms with E-state index in [0.717, 1.165) is 12.8 Å². The first-order chi connectivity index (χ1) is 9.47. The number of amides is 2. The zero-order valence-corrected chi connectivity index (χ0v) is 11.8. The number of para-hydroxylation sites is 1. The molecule has 0 spiro atoms. The summed E-state index contributed by atoms with van der Waals surface area (Å²) >= 11 is 0. The summed E-state index contributed by atoms with van der Waals surface area (Å²) in [5.74, 6) is -0.749. The normalized spacial score (nSPS) is 11.7. The van der Waals surface area contributed by atoms with Crippen molar-refractivity contribution >= 4 is 17.5 Å². The van der Waals surface area contributed by atoms with Gasteiger partial charge in [-0.3, -0.25) is 9.59 Å². The highest BCUT2D eigenvalue weighted by Crippen LogP contribution is 2.27. The Hall–Kier alpha value is -2.24. The van der Waals surface area contributed by atoms with Crippen molar-refractivity contribution in [2.45, 2.75) is 32.8 Å². The number of anilines is 1. The Morgan fingerprint density at radius 2 is 2.10 bits per heavy atom. The topological polar surface area (TPSA) is 107 Å². The van der Waals surface area contributed by atoms with Gasteiger partial charge in [0.05, 0.1) is 11.3 Å². The summed E-state index contributed by atoms with van der Waals surface area (Å²) in [6.45, 7) is 4.23. The van der Waals surface area contributed by atoms with Crippen LogP contribution in [0.25, 0.3) is 0 Å². The maximum absolute atomic E-state index is 11.8. The Kier molecular flexibility index (Phi) is 5.83. The van der Waals surface area contributed by atoms with Crippen LogP contribution in [0, 0.1) is 0 Å². The molecule has 1 unspecified atom stereocenters. The average molecular weight is 279 g/mol. The number of carbonyl (C=O) groups excluding carboxylic acids is 2. The summed E-state index contributed by atoms with van der Waals surface area (Å²) in [6, 6.07) is 4.70. The number of benzene rings is 1. The lowest BCUT2D eigenvalue weighted by atomic mass is 10.1. The van der Waals surface area contributed by atoms with E-state index in [9.17, 15) is 9.59 Å². The monoisotopic (exact) mass is 279 g/mol. The van der Waals surface area contributed by atoms with Crippen LogP contribution in [0.5, 0.6) is 5.75 Å². The van der Waals surface area contributed by atoms with Gasteiger partial charge in [-0.15, -0.1) is 0 Å². The summed E-state index contributed by atoms with van der Waals surface area (Å²) in [5.41, 5.74) is 11.5. The molecule has 0 fully saturated rings. The lowest BCUT2D eigenvalue weighted by Crippen LogP contribution is -2.37. The van der Waals surface area contributed by atoms with Gasteiger partial charge in [-0.05, 0) is 25.5 Å². The number of carbonyl (C=O) groups is 2. The Labute approximate surface area is 118 Å². The number of nitrogen functional groups attached to an aromatic ring is 1. The predicted octanol–water partition coefficient (Wildman–Crippen LogP) is 1.05. The molecule has 0 bridgehead atoms. The predicted molar refractivity (Wildman–Crippen MR) is 77.4 cm³/mol. The third-order valence-electron chi connectivity index (χ3n) is 2.80. The van der Waals surface area contributed by atoms with Gasteiger partial charge in [0.1, 0.15) is 0 Å². The SMILES string of the molecule is CCCCNC(=O)C(C)Oc1c(N)cccc1C(N)=O. The number of hydrogen-bond acceptors (Lipinski definition) is 4. The quantitative estimate of drug-likeness (QED) is 0.512. The highest BCUT2D eigenvalue weighted by Gasteiger charge is 2.19. The molecule has 0 aliphatic rings. The van der Waals surface area contributed by atoms with Crippen LogP contribution < -0.4 is 21.5 Å². The number of hydrogen-bond donors (Lipinski definition) is 3. The van der Waals surface area contributed by atoms with Crippen molar-refractivity contribution in [2.75, 3.05) is 12.3 Å². The van der Waals surface area contributed by atoms with E-state index < -0.39 is 12.0 Å². The van der Waals surface area contributed by atoms with Gasteiger partial charge in [0, 0.05) is 6.54 Å². The molecular weight excluding hydrogens is 258 g/mol. The average Bonchev–Trinajstić information content (AvgIpc) is 2.40. The molecule has 20 heavy (non-hydrogen) atoms. The summed E-state index contributed by atoms with van der Waals surface area (Å²) < 4.78 is 5.49. The van der Waals surface area contributed by atoms with Crippen LogP contribution >= 0.6 is 0 Å². The van der Waals surface area contributed by atoms with Crippen LogP contribution in [0.1, 0.15) is 37.0 Å². The molecule has 1 aromatic carbocycles. The number of rotatable bonds is 7. The third kappa shape index (κ3) is 4.15. The van der Waals surface area contributed by atoms with Crippen molar-refractivity contribution in [3.8, 4) is 5.75 Å². The van der Waals surface area contributed by atoms with Gasteiger partial charge in [0.25, 0.3) is 11.8 Å². The van der Waals surface area contributed by atoms with Crippen LogP contribution in [0.3, 0.4) is 0 Å². The summed E-state index contributed by atoms with van der Waals surface area (Å²) in [4.78, 5) is 23.1. The number of ether oxygens (including phenoxy) is 1. The molecular formula is C14H21N3O3. The molecule has 0 saturated heterocycles. The first-order valence-corrected chi connectivity index (χ1v) is 6.60. The molecule has 0 aliphatic carbocycles. The van der Waals surface area contributed by atoms with Gasteiger partial charge in [0.15, 0.2) is 11.9 Å². The molecule has 1 aromatic rings. The van der Waals surface area contributed by atoms with E-state index in [-0.39, 0.29) is 22.9 Å². The Balaban J connectivity index is 2.77. The summed E-state index contributed by atoms with van der Waals surface area (Å²) in [5, 5.41) is 2.75. The number of primary amides is 1. The highest BCUT2D eigenvalue weighted by atomic mass is 16.5. The van der Waals surface area contributed by atoms with Crippen molar-refractivity contribution in [2.24, 2.45) is 5.73 Å². The third-order valence-corrected chi connectivity index (χ3v) is 2.80. The summed E-state index contributed by atoms with van der Waals surface area (Å²) in [7, 11) is 0. The van der Waals surface area contributed by atoms with Crippen molar-refractivity contribution in [1.29, 1.82) is 0 Å². The van der Waals surface area contributed by atoms with Crippen molar-refractivity contribution < 1.29 is 14.3 Å². The Morgan fingerprint density at radius 1 is 1.40 bits per heavy atom. The van der Waals surface area contributed by atoms with E-state index in [1.165, 1.54) is 6.07 Å². The van der Waals surface area contributed by atoms with Gasteiger partial charge in [-0.2, -0.15) is 0 Å². The molecule has 1 rings (SSSR count). The summed E-state index contributed by atoms with van der Waals surface area (Å²) in [6.07, 6.45) is 1.14. The maximum atomic E-state index is 11.8. The lowest BCUT2D eigenvalue weighted by molar-refractivity contribution is -0.127. The van der Waals surface area contributed by atoms with Crippen molar-refractivity contribution in [3.63, 3.8) is 0 Å². The Bertz CT molecular complexity index is 489. The lowest BCUT2D eigenvalue weighted by Gasteiger charge is -2.17. The molecule has 0 heterocycles. The minimum atomic E-state index is -0.755. The van der Waals surface area contributed by atoms with Crippen molar-refractivity contribution in [3.05, 3.63) is 23.8 Å². The van der Waals surface area contributed by atoms with Gasteiger partial charge in [0.2, 0.25) is 0 Å². The second-order valence-electron chi connectivity index (χ2n) is 4.49. The largest absolute Gasteiger partial charge is 0.478 e. The van der Waals surface area contributed by atoms with E-state index in [1.54, 1.807) is 19.1 Å². The number of nitrogens with one attached hydrogen (secondary N) is 1. The van der Waals surface area contributed by atoms with Crippen LogP contribution in [0.2, 0.25) is 0 Å². The van der Waals surface area contributed by atoms with Gasteiger partial charge in [-0.25, -0.2) is 0 Å². The highest BCUT2D eigenvalue weighted by molar-refractivity contribution is 5.97. The molecule has 0 radical (unpaired) electrons. The molecule has 0 saturated carbocycles. The first-order valence-electron chi connectivity index (χ1n) is 6.60. The molecule has 1 atom stereocenters. The molecule has 6 nitrogen and oxygen atoms in total. The molecule has 2 amide bonds. The fourth-order valence-corrected chi connectivity index (χ4v) is 1.64. The second kappa shape index (κ2) is 7.37. The molecule has 6 heteroatoms. The Morgan fingerprint density at radius 3 is 2.70 bits per heavy atom. The number of unbranched alkanes of at least 4 members (excludes halogenated alkanes) is 1. The smallest absolute Gasteiger partial charge is 0.260 e. The fraction of sp³-hybridized carbons (Fsp3) is 0.429. The van der Waals surface area contributed by atoms with E-state index >= 15 is 0 Å². The van der Waals surface area contributed by atoms with Crippen LogP contribution in [0.4, 0.5) is 5.69 Å². The molecule has 0 aromatic heterocycles. The van der Waals surface area contributed by atoms with Crippen molar-refractivity contribution in [1.82, 2.24) is 5.32 Å². The minimum Gasteiger partial charge on any atom is -0.478 e. The van der Waals surface area contributed by atoms with E-state index in [1.807, 2.05) is 6.92 Å². The van der Waals surface area contributed by atoms with E-state index in [2.05, 4.69) is 5.32 Å². The second-order valence-corrected chi connectivity index (χ2v) is 4.49. The van der Waals surface area contributed by atoms with Gasteiger partial charge in [-0.1, -0.05) is 19.4 Å². The number of nitrogens with two attached hydrogens (primary N) is 2. The zero-order valence-electron chi connectivity index (χ0n) is 11.8. The maximum Gasteiger partial charge on any atom is 0.260 e. The fourth-order valence-electron chi connectivity index (χ4n) is 1.64. The van der Waals surface area contributed by atoms with Crippen LogP contribution in [0.15, 0.2) is 18.2 Å². The zero-order chi connectivity index (χ0) is 15.1. The van der Waals surface area contributed by atoms with Gasteiger partial charge < -0.3 is 21.5 Å². The van der Waals surface area contributed by atoms with E-state index in [4.69, 9.17) is 16.2 Å². The van der Waals surface area contributed by atoms with Gasteiger partial charge >= 0.3 is 0 Å². The standard InChI is InChI=1S/C14H21N3O3/c1-3-4-8-17-14(19)9(2)20-12-10(13(16)18)6-5-7-11(12)15/h5-7,9H,3-4,8,15H2,1-2H3,(H2,16,18)(H,17,19). The minimum absolute atomic E-state index is 0.151. The molecule has 110 valence electrons. The van der Waals surface area contributed by atoms with E-state index in [0.29, 0.717) is 6.54 Å². The molecule has 0 aliphatic heterocycles. The van der Waals surface area contributed by atoms with Crippen LogP contribution in [-0.2, 0) is 4.79 Å². The molecule has 5 N–H and O–H groups in total. The van der Waals surface area contributed by atoms with Crippen LogP contribution in [-0.4, -0.2) is 24.5 Å². The first kappa shape index (κ1) is 15.8.